The number of benzene rings is 1. The molecule has 19 heavy (non-hydrogen) atoms. The number of halogens is 2. The lowest BCUT2D eigenvalue weighted by molar-refractivity contribution is 0.486. The Kier molecular flexibility index (Phi) is 3.48. The molecule has 0 spiro atoms. The van der Waals surface area contributed by atoms with Gasteiger partial charge in [0.25, 0.3) is 0 Å². The van der Waals surface area contributed by atoms with Gasteiger partial charge >= 0.3 is 0 Å². The molecule has 0 unspecified atom stereocenters. The second kappa shape index (κ2) is 5.27. The fourth-order valence-electron chi connectivity index (χ4n) is 1.72. The lowest BCUT2D eigenvalue weighted by atomic mass is 10.3. The lowest BCUT2D eigenvalue weighted by Crippen LogP contribution is -1.90. The van der Waals surface area contributed by atoms with E-state index in [1.807, 2.05) is 36.4 Å². The molecule has 3 rings (SSSR count). The van der Waals surface area contributed by atoms with Crippen LogP contribution >= 0.6 is 31.9 Å². The molecule has 0 saturated carbocycles. The zero-order valence-corrected chi connectivity index (χ0v) is 12.8. The molecule has 0 aliphatic rings. The third kappa shape index (κ3) is 2.77. The number of rotatable bonds is 2. The smallest absolute Gasteiger partial charge is 0.156 e. The molecule has 3 nitrogen and oxygen atoms in total. The van der Waals surface area contributed by atoms with Crippen LogP contribution in [0.5, 0.6) is 11.5 Å². The Morgan fingerprint density at radius 1 is 0.947 bits per heavy atom. The Bertz CT molecular complexity index is 746. The van der Waals surface area contributed by atoms with E-state index in [1.54, 1.807) is 12.4 Å². The zero-order chi connectivity index (χ0) is 13.2. The summed E-state index contributed by atoms with van der Waals surface area (Å²) in [6.45, 7) is 0. The summed E-state index contributed by atoms with van der Waals surface area (Å²) in [5.41, 5.74) is 1.53. The van der Waals surface area contributed by atoms with Gasteiger partial charge in [0.05, 0.1) is 5.52 Å². The van der Waals surface area contributed by atoms with Crippen LogP contribution in [-0.4, -0.2) is 9.97 Å². The van der Waals surface area contributed by atoms with Gasteiger partial charge in [-0.2, -0.15) is 0 Å². The molecule has 0 bridgehead atoms. The quantitative estimate of drug-likeness (QED) is 0.632. The van der Waals surface area contributed by atoms with E-state index < -0.39 is 0 Å². The van der Waals surface area contributed by atoms with Crippen molar-refractivity contribution in [1.29, 1.82) is 0 Å². The molecule has 94 valence electrons. The Hall–Kier alpha value is -1.46. The molecule has 0 atom stereocenters. The number of pyridine rings is 2. The molecule has 0 N–H and O–H groups in total. The first-order valence-electron chi connectivity index (χ1n) is 5.56. The zero-order valence-electron chi connectivity index (χ0n) is 9.68. The SMILES string of the molecule is Brc1cccc(Oc2ccnc3cc(Br)cnc23)c1. The van der Waals surface area contributed by atoms with Gasteiger partial charge in [-0.25, -0.2) is 4.98 Å². The molecule has 0 fully saturated rings. The summed E-state index contributed by atoms with van der Waals surface area (Å²) in [6, 6.07) is 11.4. The second-order valence-corrected chi connectivity index (χ2v) is 5.72. The molecule has 0 aliphatic heterocycles. The Balaban J connectivity index is 2.06. The van der Waals surface area contributed by atoms with Gasteiger partial charge in [-0.05, 0) is 40.2 Å². The van der Waals surface area contributed by atoms with Crippen LogP contribution in [0.25, 0.3) is 11.0 Å². The molecular weight excluding hydrogens is 372 g/mol. The topological polar surface area (TPSA) is 35.0 Å². The largest absolute Gasteiger partial charge is 0.455 e. The maximum absolute atomic E-state index is 5.86. The fourth-order valence-corrected chi connectivity index (χ4v) is 2.42. The molecule has 0 saturated heterocycles. The van der Waals surface area contributed by atoms with Gasteiger partial charge in [-0.15, -0.1) is 0 Å². The summed E-state index contributed by atoms with van der Waals surface area (Å²) in [6.07, 6.45) is 3.45. The number of aromatic nitrogens is 2. The van der Waals surface area contributed by atoms with Gasteiger partial charge in [0, 0.05) is 27.4 Å². The Labute approximate surface area is 126 Å². The van der Waals surface area contributed by atoms with Crippen LogP contribution < -0.4 is 4.74 Å². The van der Waals surface area contributed by atoms with Gasteiger partial charge in [-0.3, -0.25) is 4.98 Å². The van der Waals surface area contributed by atoms with Gasteiger partial charge < -0.3 is 4.74 Å². The van der Waals surface area contributed by atoms with Crippen molar-refractivity contribution in [3.05, 3.63) is 57.7 Å². The third-order valence-corrected chi connectivity index (χ3v) is 3.46. The summed E-state index contributed by atoms with van der Waals surface area (Å²) >= 11 is 6.80. The van der Waals surface area contributed by atoms with Crippen molar-refractivity contribution in [2.45, 2.75) is 0 Å². The highest BCUT2D eigenvalue weighted by Gasteiger charge is 2.06. The van der Waals surface area contributed by atoms with E-state index in [0.29, 0.717) is 5.75 Å². The minimum atomic E-state index is 0.690. The second-order valence-electron chi connectivity index (χ2n) is 3.89. The maximum Gasteiger partial charge on any atom is 0.156 e. The number of nitrogens with zero attached hydrogens (tertiary/aromatic N) is 2. The third-order valence-electron chi connectivity index (χ3n) is 2.53. The van der Waals surface area contributed by atoms with E-state index in [0.717, 1.165) is 25.7 Å². The van der Waals surface area contributed by atoms with Gasteiger partial charge in [-0.1, -0.05) is 22.0 Å². The van der Waals surface area contributed by atoms with Crippen molar-refractivity contribution in [3.63, 3.8) is 0 Å². The first-order valence-corrected chi connectivity index (χ1v) is 7.15. The van der Waals surface area contributed by atoms with Gasteiger partial charge in [0.2, 0.25) is 0 Å². The molecule has 2 aromatic heterocycles. The van der Waals surface area contributed by atoms with Crippen molar-refractivity contribution in [2.24, 2.45) is 0 Å². The summed E-state index contributed by atoms with van der Waals surface area (Å²) < 4.78 is 7.73. The number of fused-ring (bicyclic) bond motifs is 1. The number of ether oxygens (including phenoxy) is 1. The molecule has 2 heterocycles. The van der Waals surface area contributed by atoms with Crippen molar-refractivity contribution in [1.82, 2.24) is 9.97 Å². The van der Waals surface area contributed by atoms with Crippen LogP contribution in [0.3, 0.4) is 0 Å². The summed E-state index contributed by atoms with van der Waals surface area (Å²) in [4.78, 5) is 8.63. The Morgan fingerprint density at radius 2 is 1.84 bits per heavy atom. The molecular formula is C14H8Br2N2O. The van der Waals surface area contributed by atoms with Crippen LogP contribution in [0.1, 0.15) is 0 Å². The van der Waals surface area contributed by atoms with E-state index in [1.165, 1.54) is 0 Å². The van der Waals surface area contributed by atoms with Gasteiger partial charge in [0.1, 0.15) is 11.3 Å². The lowest BCUT2D eigenvalue weighted by Gasteiger charge is -2.08. The summed E-state index contributed by atoms with van der Waals surface area (Å²) in [5, 5.41) is 0. The highest BCUT2D eigenvalue weighted by Crippen LogP contribution is 2.29. The van der Waals surface area contributed by atoms with Crippen molar-refractivity contribution < 1.29 is 4.74 Å². The van der Waals surface area contributed by atoms with E-state index >= 15 is 0 Å². The summed E-state index contributed by atoms with van der Waals surface area (Å²) in [5.74, 6) is 1.45. The number of hydrogen-bond donors (Lipinski definition) is 0. The molecule has 0 aliphatic carbocycles. The first-order chi connectivity index (χ1) is 9.22. The summed E-state index contributed by atoms with van der Waals surface area (Å²) in [7, 11) is 0. The van der Waals surface area contributed by atoms with E-state index in [-0.39, 0.29) is 0 Å². The highest BCUT2D eigenvalue weighted by atomic mass is 79.9. The molecule has 0 radical (unpaired) electrons. The fraction of sp³-hybridized carbons (Fsp3) is 0. The highest BCUT2D eigenvalue weighted by molar-refractivity contribution is 9.10. The predicted molar refractivity (Wildman–Crippen MR) is 81.5 cm³/mol. The van der Waals surface area contributed by atoms with E-state index in [9.17, 15) is 0 Å². The standard InChI is InChI=1S/C14H8Br2N2O/c15-9-2-1-3-11(6-9)19-13-4-5-17-12-7-10(16)8-18-14(12)13/h1-8H. The van der Waals surface area contributed by atoms with E-state index in [2.05, 4.69) is 41.8 Å². The van der Waals surface area contributed by atoms with Crippen LogP contribution in [0, 0.1) is 0 Å². The molecule has 0 amide bonds. The van der Waals surface area contributed by atoms with Crippen LogP contribution in [-0.2, 0) is 0 Å². The molecule has 3 aromatic rings. The number of hydrogen-bond acceptors (Lipinski definition) is 3. The van der Waals surface area contributed by atoms with E-state index in [4.69, 9.17) is 4.74 Å². The monoisotopic (exact) mass is 378 g/mol. The van der Waals surface area contributed by atoms with Crippen molar-refractivity contribution in [3.8, 4) is 11.5 Å². The Morgan fingerprint density at radius 3 is 2.68 bits per heavy atom. The van der Waals surface area contributed by atoms with Crippen LogP contribution in [0.15, 0.2) is 57.7 Å². The normalized spacial score (nSPS) is 10.6. The molecule has 5 heteroatoms. The van der Waals surface area contributed by atoms with Crippen molar-refractivity contribution >= 4 is 42.9 Å². The van der Waals surface area contributed by atoms with Crippen molar-refractivity contribution in [2.75, 3.05) is 0 Å². The first kappa shape index (κ1) is 12.6. The average molecular weight is 380 g/mol. The minimum absolute atomic E-state index is 0.690. The van der Waals surface area contributed by atoms with Crippen LogP contribution in [0.4, 0.5) is 0 Å². The molecule has 1 aromatic carbocycles. The van der Waals surface area contributed by atoms with Gasteiger partial charge in [0.15, 0.2) is 5.75 Å². The minimum Gasteiger partial charge on any atom is -0.455 e. The maximum atomic E-state index is 5.86. The average Bonchev–Trinajstić information content (AvgIpc) is 2.38. The predicted octanol–water partition coefficient (Wildman–Crippen LogP) is 4.95. The van der Waals surface area contributed by atoms with Crippen LogP contribution in [0.2, 0.25) is 0 Å².